The van der Waals surface area contributed by atoms with Gasteiger partial charge in [0.15, 0.2) is 0 Å². The van der Waals surface area contributed by atoms with Crippen LogP contribution in [0.4, 0.5) is 0 Å². The van der Waals surface area contributed by atoms with Crippen LogP contribution in [0.15, 0.2) is 30.3 Å². The summed E-state index contributed by atoms with van der Waals surface area (Å²) in [7, 11) is 0. The van der Waals surface area contributed by atoms with Gasteiger partial charge in [-0.05, 0) is 0 Å². The summed E-state index contributed by atoms with van der Waals surface area (Å²) >= 11 is 2.89. The van der Waals surface area contributed by atoms with Gasteiger partial charge < -0.3 is 0 Å². The Morgan fingerprint density at radius 3 is 1.82 bits per heavy atom. The Hall–Kier alpha value is -1.20. The second kappa shape index (κ2) is 20.2. The van der Waals surface area contributed by atoms with E-state index in [1.807, 2.05) is 37.3 Å². The van der Waals surface area contributed by atoms with E-state index in [9.17, 15) is 0 Å². The molecule has 0 fully saturated rings. The van der Waals surface area contributed by atoms with Crippen LogP contribution in [0.5, 0.6) is 0 Å². The van der Waals surface area contributed by atoms with Gasteiger partial charge in [0, 0.05) is 0 Å². The second-order valence-corrected chi connectivity index (χ2v) is 2.67. The Morgan fingerprint density at radius 1 is 1.06 bits per heavy atom. The van der Waals surface area contributed by atoms with Crippen LogP contribution >= 0.6 is 0 Å². The average Bonchev–Trinajstić information content (AvgIpc) is 2.46. The van der Waals surface area contributed by atoms with Crippen LogP contribution in [-0.2, 0) is 34.5 Å². The van der Waals surface area contributed by atoms with Crippen LogP contribution in [0.25, 0.3) is 0 Å². The molecule has 0 spiro atoms. The summed E-state index contributed by atoms with van der Waals surface area (Å²) < 4.78 is 28.7. The standard InChI is InChI=1S/C9H10O.3CO.Cr/c1-2-10-8-9-6-4-3-5-7-9;3*1-2;/h3-7H,2H2,1H3;;;;. The van der Waals surface area contributed by atoms with Gasteiger partial charge in [-0.15, -0.1) is 0 Å². The van der Waals surface area contributed by atoms with Gasteiger partial charge in [0.05, 0.1) is 0 Å². The maximum atomic E-state index is 7.50. The van der Waals surface area contributed by atoms with Gasteiger partial charge in [-0.25, -0.2) is 0 Å². The van der Waals surface area contributed by atoms with Crippen molar-refractivity contribution in [3.63, 3.8) is 0 Å². The first-order valence-corrected chi connectivity index (χ1v) is 4.81. The molecule has 0 unspecified atom stereocenters. The molecule has 4 nitrogen and oxygen atoms in total. The van der Waals surface area contributed by atoms with E-state index >= 15 is 0 Å². The molecule has 0 aliphatic rings. The van der Waals surface area contributed by atoms with Crippen molar-refractivity contribution in [2.24, 2.45) is 0 Å². The van der Waals surface area contributed by atoms with E-state index in [4.69, 9.17) is 18.7 Å². The molecule has 1 aromatic carbocycles. The summed E-state index contributed by atoms with van der Waals surface area (Å²) in [6, 6.07) is 10.0. The van der Waals surface area contributed by atoms with Crippen molar-refractivity contribution in [1.29, 1.82) is 0 Å². The number of hydrogen-bond acceptors (Lipinski definition) is 1. The first kappa shape index (κ1) is 21.1. The van der Waals surface area contributed by atoms with Gasteiger partial charge in [0.1, 0.15) is 0 Å². The Kier molecular flexibility index (Phi) is 25.2. The number of ether oxygens (including phenoxy) is 1. The Morgan fingerprint density at radius 2 is 1.47 bits per heavy atom. The third-order valence-corrected chi connectivity index (χ3v) is 1.84. The van der Waals surface area contributed by atoms with E-state index in [1.165, 1.54) is 0 Å². The first-order chi connectivity index (χ1) is 8.34. The summed E-state index contributed by atoms with van der Waals surface area (Å²) in [5.41, 5.74) is 1.11. The Balaban J connectivity index is -0.000000285. The van der Waals surface area contributed by atoms with Crippen molar-refractivity contribution in [3.8, 4) is 0 Å². The molecule has 0 N–H and O–H groups in total. The van der Waals surface area contributed by atoms with Crippen molar-refractivity contribution < 1.29 is 34.5 Å². The van der Waals surface area contributed by atoms with Crippen LogP contribution in [0, 0.1) is 20.0 Å². The molecule has 0 heterocycles. The van der Waals surface area contributed by atoms with E-state index in [-0.39, 0.29) is 0 Å². The predicted octanol–water partition coefficient (Wildman–Crippen LogP) is 1.64. The number of benzene rings is 1. The maximum absolute atomic E-state index is 7.50. The molecule has 0 atom stereocenters. The molecule has 88 valence electrons. The van der Waals surface area contributed by atoms with Crippen molar-refractivity contribution in [1.82, 2.24) is 0 Å². The number of hydrogen-bond donors (Lipinski definition) is 0. The second-order valence-electron chi connectivity index (χ2n) is 2.09. The molecule has 5 heteroatoms. The third kappa shape index (κ3) is 12.7. The Labute approximate surface area is 109 Å². The van der Waals surface area contributed by atoms with Gasteiger partial charge in [-0.1, -0.05) is 0 Å². The molecule has 0 aliphatic heterocycles. The molecule has 0 aliphatic carbocycles. The molecule has 1 aromatic rings. The molecule has 0 bridgehead atoms. The average molecular weight is 270 g/mol. The van der Waals surface area contributed by atoms with E-state index in [0.717, 1.165) is 10.1 Å². The molecule has 0 radical (unpaired) electrons. The van der Waals surface area contributed by atoms with Gasteiger partial charge in [0.25, 0.3) is 0 Å². The summed E-state index contributed by atoms with van der Waals surface area (Å²) in [4.78, 5) is 0. The topological polar surface area (TPSA) is 68.9 Å². The monoisotopic (exact) mass is 270 g/mol. The van der Waals surface area contributed by atoms with E-state index in [1.54, 1.807) is 0 Å². The van der Waals surface area contributed by atoms with Gasteiger partial charge in [-0.2, -0.15) is 0 Å². The third-order valence-electron chi connectivity index (χ3n) is 1.28. The summed E-state index contributed by atoms with van der Waals surface area (Å²) in [6.45, 7) is 16.2. The quantitative estimate of drug-likeness (QED) is 0.608. The molecule has 0 saturated carbocycles. The van der Waals surface area contributed by atoms with Crippen LogP contribution in [0.2, 0.25) is 0 Å². The fourth-order valence-electron chi connectivity index (χ4n) is 0.789. The van der Waals surface area contributed by atoms with Crippen molar-refractivity contribution in [2.75, 3.05) is 6.61 Å². The molecule has 17 heavy (non-hydrogen) atoms. The summed E-state index contributed by atoms with van der Waals surface area (Å²) in [5, 5.41) is 0. The zero-order valence-electron chi connectivity index (χ0n) is 9.14. The molecular formula is C12H10CrO4. The normalized spacial score (nSPS) is 6.53. The minimum absolute atomic E-state index is 0.706. The fourth-order valence-corrected chi connectivity index (χ4v) is 1.19. The molecule has 0 aromatic heterocycles. The van der Waals surface area contributed by atoms with Crippen LogP contribution in [0.3, 0.4) is 0 Å². The van der Waals surface area contributed by atoms with Gasteiger partial charge in [0.2, 0.25) is 0 Å². The van der Waals surface area contributed by atoms with Crippen molar-refractivity contribution in [2.45, 2.75) is 6.92 Å². The van der Waals surface area contributed by atoms with Crippen molar-refractivity contribution >= 4 is 4.57 Å². The summed E-state index contributed by atoms with van der Waals surface area (Å²) in [6.07, 6.45) is 0. The predicted molar refractivity (Wildman–Crippen MR) is 54.0 cm³/mol. The first-order valence-electron chi connectivity index (χ1n) is 4.18. The van der Waals surface area contributed by atoms with Gasteiger partial charge >= 0.3 is 108 Å². The van der Waals surface area contributed by atoms with Crippen LogP contribution < -0.4 is 0 Å². The van der Waals surface area contributed by atoms with Gasteiger partial charge in [-0.3, -0.25) is 0 Å². The van der Waals surface area contributed by atoms with E-state index in [0.29, 0.717) is 6.61 Å². The molecule has 1 rings (SSSR count). The zero-order chi connectivity index (χ0) is 14.1. The molecule has 0 saturated heterocycles. The van der Waals surface area contributed by atoms with Crippen molar-refractivity contribution in [3.05, 3.63) is 55.8 Å². The SMILES string of the molecule is CCO[C](=[Cr])c1ccccc1.[C-]#[O+].[C-]#[O+].[C-]#[O+]. The van der Waals surface area contributed by atoms with E-state index in [2.05, 4.69) is 35.8 Å². The van der Waals surface area contributed by atoms with Crippen LogP contribution in [0.1, 0.15) is 12.5 Å². The zero-order valence-corrected chi connectivity index (χ0v) is 10.4. The fraction of sp³-hybridized carbons (Fsp3) is 0.167. The minimum atomic E-state index is 0.706. The molecular weight excluding hydrogens is 260 g/mol. The molecule has 0 amide bonds. The van der Waals surface area contributed by atoms with E-state index < -0.39 is 0 Å². The van der Waals surface area contributed by atoms with Crippen LogP contribution in [-0.4, -0.2) is 11.2 Å². The number of rotatable bonds is 3. The summed E-state index contributed by atoms with van der Waals surface area (Å²) in [5.74, 6) is 0. The Bertz CT molecular complexity index is 326.